The minimum atomic E-state index is -2.45. The lowest BCUT2D eigenvalue weighted by Crippen LogP contribution is -2.20. The van der Waals surface area contributed by atoms with Crippen LogP contribution in [0.25, 0.3) is 0 Å². The van der Waals surface area contributed by atoms with Crippen LogP contribution < -0.4 is 0 Å². The lowest BCUT2D eigenvalue weighted by molar-refractivity contribution is 0.626. The molecule has 0 bridgehead atoms. The molecular weight excluding hydrogens is 311 g/mol. The van der Waals surface area contributed by atoms with Gasteiger partial charge in [0.15, 0.2) is 5.82 Å². The molecule has 1 atom stereocenters. The lowest BCUT2D eigenvalue weighted by Gasteiger charge is -2.14. The maximum absolute atomic E-state index is 14.4. The first-order valence-corrected chi connectivity index (χ1v) is 9.79. The quantitative estimate of drug-likeness (QED) is 0.796. The van der Waals surface area contributed by atoms with Gasteiger partial charge in [0.2, 0.25) is 0 Å². The van der Waals surface area contributed by atoms with Crippen molar-refractivity contribution in [3.8, 4) is 0 Å². The highest BCUT2D eigenvalue weighted by atomic mass is 32.2. The highest BCUT2D eigenvalue weighted by molar-refractivity contribution is 7.92. The van der Waals surface area contributed by atoms with Crippen LogP contribution in [0.4, 0.5) is 10.1 Å². The molecule has 0 spiro atoms. The average Bonchev–Trinajstić information content (AvgIpc) is 2.28. The average molecular weight is 332 g/mol. The third-order valence-electron chi connectivity index (χ3n) is 2.43. The van der Waals surface area contributed by atoms with E-state index in [9.17, 15) is 12.8 Å². The zero-order chi connectivity index (χ0) is 16.4. The van der Waals surface area contributed by atoms with E-state index in [0.717, 1.165) is 0 Å². The molecule has 0 amide bonds. The number of hydrogen-bond acceptors (Lipinski definition) is 3. The summed E-state index contributed by atoms with van der Waals surface area (Å²) in [5.41, 5.74) is 0.576. The van der Waals surface area contributed by atoms with Crippen molar-refractivity contribution in [2.45, 2.75) is 32.4 Å². The van der Waals surface area contributed by atoms with Gasteiger partial charge in [-0.05, 0) is 33.8 Å². The second-order valence-corrected chi connectivity index (χ2v) is 10.4. The van der Waals surface area contributed by atoms with Crippen molar-refractivity contribution >= 4 is 32.1 Å². The first-order chi connectivity index (χ1) is 9.42. The van der Waals surface area contributed by atoms with Gasteiger partial charge in [-0.2, -0.15) is 8.76 Å². The predicted octanol–water partition coefficient (Wildman–Crippen LogP) is 3.46. The number of rotatable bonds is 3. The van der Waals surface area contributed by atoms with E-state index in [4.69, 9.17) is 0 Å². The topological polar surface area (TPSA) is 58.9 Å². The molecule has 0 aliphatic heterocycles. The Morgan fingerprint density at radius 2 is 1.86 bits per heavy atom. The summed E-state index contributed by atoms with van der Waals surface area (Å²) in [4.78, 5) is 0. The molecule has 7 heteroatoms. The van der Waals surface area contributed by atoms with Crippen LogP contribution in [-0.4, -0.2) is 31.4 Å². The smallest absolute Gasteiger partial charge is 0.158 e. The molecule has 0 radical (unpaired) electrons. The minimum Gasteiger partial charge on any atom is -0.250 e. The first-order valence-electron chi connectivity index (χ1n) is 6.35. The van der Waals surface area contributed by atoms with E-state index in [1.165, 1.54) is 18.6 Å². The monoisotopic (exact) mass is 332 g/mol. The molecule has 118 valence electrons. The highest BCUT2D eigenvalue weighted by Crippen LogP contribution is 2.23. The number of halogens is 1. The molecular formula is C14H21FN2O2S2. The largest absolute Gasteiger partial charge is 0.250 e. The first kappa shape index (κ1) is 18.0. The Kier molecular flexibility index (Phi) is 5.44. The third kappa shape index (κ3) is 5.32. The summed E-state index contributed by atoms with van der Waals surface area (Å²) in [6.07, 6.45) is 2.88. The van der Waals surface area contributed by atoms with E-state index in [1.54, 1.807) is 39.8 Å². The second-order valence-electron chi connectivity index (χ2n) is 5.95. The van der Waals surface area contributed by atoms with Gasteiger partial charge in [0.1, 0.15) is 16.7 Å². The molecule has 0 saturated carbocycles. The molecule has 1 aromatic rings. The summed E-state index contributed by atoms with van der Waals surface area (Å²) < 4.78 is 45.5. The van der Waals surface area contributed by atoms with Crippen LogP contribution in [0.15, 0.2) is 27.0 Å². The molecule has 1 rings (SSSR count). The van der Waals surface area contributed by atoms with E-state index >= 15 is 0 Å². The zero-order valence-corrected chi connectivity index (χ0v) is 14.8. The van der Waals surface area contributed by atoms with Crippen LogP contribution in [0.5, 0.6) is 0 Å². The molecule has 0 aliphatic rings. The SMILES string of the molecule is C/C(=N\[S@@](=O)C(C)(C)C)c1cccc(N=S(C)(C)=O)c1F. The Balaban J connectivity index is 3.34. The zero-order valence-electron chi connectivity index (χ0n) is 13.1. The van der Waals surface area contributed by atoms with Gasteiger partial charge in [0, 0.05) is 27.8 Å². The third-order valence-corrected chi connectivity index (χ3v) is 4.55. The Labute approximate surface area is 128 Å². The Bertz CT molecular complexity index is 704. The van der Waals surface area contributed by atoms with Crippen molar-refractivity contribution in [3.63, 3.8) is 0 Å². The molecule has 0 fully saturated rings. The maximum atomic E-state index is 14.4. The molecule has 1 aromatic carbocycles. The van der Waals surface area contributed by atoms with E-state index in [-0.39, 0.29) is 11.3 Å². The minimum absolute atomic E-state index is 0.0265. The van der Waals surface area contributed by atoms with Crippen LogP contribution in [0.3, 0.4) is 0 Å². The van der Waals surface area contributed by atoms with Crippen LogP contribution >= 0.6 is 0 Å². The van der Waals surface area contributed by atoms with E-state index < -0.39 is 31.3 Å². The van der Waals surface area contributed by atoms with Crippen LogP contribution in [0.1, 0.15) is 33.3 Å². The molecule has 21 heavy (non-hydrogen) atoms. The standard InChI is InChI=1S/C14H21FN2O2S2/c1-10(16-20(18)14(2,3)4)11-8-7-9-12(13(11)15)17-21(5,6)19/h7-9H,1-6H3/b16-10+/t20-/m0/s1. The van der Waals surface area contributed by atoms with E-state index in [1.807, 2.05) is 0 Å². The molecule has 0 unspecified atom stereocenters. The Hall–Kier alpha value is -1.08. The molecule has 0 N–H and O–H groups in total. The van der Waals surface area contributed by atoms with Crippen molar-refractivity contribution in [2.24, 2.45) is 8.76 Å². The van der Waals surface area contributed by atoms with E-state index in [0.29, 0.717) is 5.71 Å². The van der Waals surface area contributed by atoms with Gasteiger partial charge in [-0.1, -0.05) is 12.1 Å². The summed E-state index contributed by atoms with van der Waals surface area (Å²) in [7, 11) is -3.92. The van der Waals surface area contributed by atoms with Gasteiger partial charge < -0.3 is 0 Å². The van der Waals surface area contributed by atoms with Crippen molar-refractivity contribution in [1.29, 1.82) is 0 Å². The summed E-state index contributed by atoms with van der Waals surface area (Å²) in [6.45, 7) is 6.99. The lowest BCUT2D eigenvalue weighted by atomic mass is 10.1. The normalized spacial score (nSPS) is 14.9. The summed E-state index contributed by atoms with van der Waals surface area (Å²) >= 11 is 0. The highest BCUT2D eigenvalue weighted by Gasteiger charge is 2.20. The van der Waals surface area contributed by atoms with Crippen molar-refractivity contribution in [1.82, 2.24) is 0 Å². The van der Waals surface area contributed by atoms with Gasteiger partial charge in [-0.3, -0.25) is 0 Å². The van der Waals surface area contributed by atoms with E-state index in [2.05, 4.69) is 8.76 Å². The van der Waals surface area contributed by atoms with Crippen LogP contribution in [0, 0.1) is 5.82 Å². The summed E-state index contributed by atoms with van der Waals surface area (Å²) in [5, 5.41) is 0. The van der Waals surface area contributed by atoms with Gasteiger partial charge in [0.05, 0.1) is 10.5 Å². The van der Waals surface area contributed by atoms with Crippen LogP contribution in [-0.2, 0) is 20.7 Å². The molecule has 0 aromatic heterocycles. The molecule has 0 saturated heterocycles. The van der Waals surface area contributed by atoms with Gasteiger partial charge in [-0.15, -0.1) is 0 Å². The predicted molar refractivity (Wildman–Crippen MR) is 88.6 cm³/mol. The number of hydrogen-bond donors (Lipinski definition) is 0. The Morgan fingerprint density at radius 1 is 1.29 bits per heavy atom. The maximum Gasteiger partial charge on any atom is 0.158 e. The number of benzene rings is 1. The van der Waals surface area contributed by atoms with Crippen molar-refractivity contribution in [2.75, 3.05) is 12.5 Å². The molecule has 4 nitrogen and oxygen atoms in total. The number of nitrogens with zero attached hydrogens (tertiary/aromatic N) is 2. The molecule has 0 heterocycles. The fraction of sp³-hybridized carbons (Fsp3) is 0.500. The van der Waals surface area contributed by atoms with Gasteiger partial charge in [-0.25, -0.2) is 12.8 Å². The summed E-state index contributed by atoms with van der Waals surface area (Å²) in [5.74, 6) is -0.596. The second kappa shape index (κ2) is 6.36. The fourth-order valence-electron chi connectivity index (χ4n) is 1.42. The van der Waals surface area contributed by atoms with Gasteiger partial charge >= 0.3 is 0 Å². The fourth-order valence-corrected chi connectivity index (χ4v) is 2.65. The molecule has 0 aliphatic carbocycles. The van der Waals surface area contributed by atoms with Crippen LogP contribution in [0.2, 0.25) is 0 Å². The van der Waals surface area contributed by atoms with Crippen molar-refractivity contribution in [3.05, 3.63) is 29.6 Å². The Morgan fingerprint density at radius 3 is 2.33 bits per heavy atom. The summed E-state index contributed by atoms with van der Waals surface area (Å²) in [6, 6.07) is 4.61. The van der Waals surface area contributed by atoms with Gasteiger partial charge in [0.25, 0.3) is 0 Å². The van der Waals surface area contributed by atoms with Crippen molar-refractivity contribution < 1.29 is 12.8 Å².